The summed E-state index contributed by atoms with van der Waals surface area (Å²) >= 11 is 0. The lowest BCUT2D eigenvalue weighted by Gasteiger charge is -2.07. The van der Waals surface area contributed by atoms with E-state index in [0.29, 0.717) is 23.4 Å². The minimum Gasteiger partial charge on any atom is -0.336 e. The largest absolute Gasteiger partial charge is 0.336 e. The van der Waals surface area contributed by atoms with Crippen molar-refractivity contribution >= 4 is 17.8 Å². The van der Waals surface area contributed by atoms with Crippen molar-refractivity contribution < 1.29 is 4.79 Å². The third-order valence-electron chi connectivity index (χ3n) is 2.37. The van der Waals surface area contributed by atoms with Gasteiger partial charge in [0.2, 0.25) is 0 Å². The number of hydrogen-bond acceptors (Lipinski definition) is 5. The van der Waals surface area contributed by atoms with Crippen LogP contribution in [0.25, 0.3) is 0 Å². The quantitative estimate of drug-likeness (QED) is 0.816. The molecule has 6 nitrogen and oxygen atoms in total. The summed E-state index contributed by atoms with van der Waals surface area (Å²) in [5.74, 6) is 0.503. The maximum Gasteiger partial charge on any atom is 0.290 e. The molecule has 0 saturated heterocycles. The number of hydrogen-bond donors (Lipinski definition) is 1. The monoisotopic (exact) mass is 244 g/mol. The Balaban J connectivity index is 2.33. The third-order valence-corrected chi connectivity index (χ3v) is 2.37. The average molecular weight is 244 g/mol. The van der Waals surface area contributed by atoms with E-state index in [0.717, 1.165) is 5.69 Å². The van der Waals surface area contributed by atoms with Crippen molar-refractivity contribution in [3.8, 4) is 0 Å². The van der Waals surface area contributed by atoms with Gasteiger partial charge in [-0.05, 0) is 25.1 Å². The Labute approximate surface area is 103 Å². The molecule has 0 aliphatic rings. The van der Waals surface area contributed by atoms with E-state index < -0.39 is 0 Å². The van der Waals surface area contributed by atoms with Gasteiger partial charge in [-0.1, -0.05) is 0 Å². The van der Waals surface area contributed by atoms with E-state index >= 15 is 0 Å². The first-order valence-electron chi connectivity index (χ1n) is 5.33. The summed E-state index contributed by atoms with van der Waals surface area (Å²) in [6.45, 7) is 1.80. The van der Waals surface area contributed by atoms with E-state index in [9.17, 15) is 9.59 Å². The number of aldehydes is 1. The highest BCUT2D eigenvalue weighted by molar-refractivity contribution is 5.74. The number of carbonyl (C=O) groups excluding carboxylic acids is 1. The molecule has 0 bridgehead atoms. The number of anilines is 2. The van der Waals surface area contributed by atoms with Crippen molar-refractivity contribution in [1.29, 1.82) is 0 Å². The van der Waals surface area contributed by atoms with E-state index in [1.807, 2.05) is 0 Å². The van der Waals surface area contributed by atoms with Crippen LogP contribution in [0, 0.1) is 6.92 Å². The molecule has 0 unspecified atom stereocenters. The zero-order valence-electron chi connectivity index (χ0n) is 10.0. The first-order valence-corrected chi connectivity index (χ1v) is 5.33. The molecule has 0 aliphatic heterocycles. The van der Waals surface area contributed by atoms with Gasteiger partial charge in [0.1, 0.15) is 11.5 Å². The summed E-state index contributed by atoms with van der Waals surface area (Å²) in [6, 6.07) is 4.91. The average Bonchev–Trinajstić information content (AvgIpc) is 2.36. The molecule has 0 fully saturated rings. The predicted octanol–water partition coefficient (Wildman–Crippen LogP) is 1.04. The SMILES string of the molecule is Cc1cc(Nc2ccc(C=O)cn2)c(=O)n(C)n1. The Morgan fingerprint density at radius 3 is 2.78 bits per heavy atom. The highest BCUT2D eigenvalue weighted by Crippen LogP contribution is 2.10. The lowest BCUT2D eigenvalue weighted by molar-refractivity contribution is 0.112. The molecule has 0 spiro atoms. The van der Waals surface area contributed by atoms with Gasteiger partial charge in [-0.25, -0.2) is 9.67 Å². The topological polar surface area (TPSA) is 76.9 Å². The van der Waals surface area contributed by atoms with Crippen LogP contribution >= 0.6 is 0 Å². The van der Waals surface area contributed by atoms with Gasteiger partial charge in [-0.2, -0.15) is 5.10 Å². The summed E-state index contributed by atoms with van der Waals surface area (Å²) in [5, 5.41) is 6.91. The highest BCUT2D eigenvalue weighted by atomic mass is 16.1. The van der Waals surface area contributed by atoms with E-state index in [1.54, 1.807) is 32.2 Å². The van der Waals surface area contributed by atoms with Gasteiger partial charge in [0.25, 0.3) is 5.56 Å². The smallest absolute Gasteiger partial charge is 0.290 e. The van der Waals surface area contributed by atoms with Crippen LogP contribution in [0.15, 0.2) is 29.2 Å². The molecule has 1 N–H and O–H groups in total. The minimum atomic E-state index is -0.234. The molecule has 0 aliphatic carbocycles. The van der Waals surface area contributed by atoms with Gasteiger partial charge in [-0.15, -0.1) is 0 Å². The van der Waals surface area contributed by atoms with Gasteiger partial charge in [0, 0.05) is 18.8 Å². The number of nitrogens with one attached hydrogen (secondary N) is 1. The fourth-order valence-electron chi connectivity index (χ4n) is 1.53. The Hall–Kier alpha value is -2.50. The van der Waals surface area contributed by atoms with E-state index in [1.165, 1.54) is 10.9 Å². The lowest BCUT2D eigenvalue weighted by atomic mass is 10.3. The van der Waals surface area contributed by atoms with Crippen LogP contribution in [-0.2, 0) is 7.05 Å². The maximum absolute atomic E-state index is 11.8. The Morgan fingerprint density at radius 1 is 1.39 bits per heavy atom. The number of nitrogens with zero attached hydrogens (tertiary/aromatic N) is 3. The van der Waals surface area contributed by atoms with Crippen LogP contribution in [0.4, 0.5) is 11.5 Å². The van der Waals surface area contributed by atoms with E-state index in [-0.39, 0.29) is 5.56 Å². The molecular weight excluding hydrogens is 232 g/mol. The zero-order chi connectivity index (χ0) is 13.1. The minimum absolute atomic E-state index is 0.234. The molecule has 0 amide bonds. The van der Waals surface area contributed by atoms with Gasteiger partial charge < -0.3 is 5.32 Å². The fraction of sp³-hybridized carbons (Fsp3) is 0.167. The molecule has 2 rings (SSSR count). The van der Waals surface area contributed by atoms with Gasteiger partial charge in [0.05, 0.1) is 5.69 Å². The second kappa shape index (κ2) is 4.79. The molecule has 0 saturated carbocycles. The number of aromatic nitrogens is 3. The second-order valence-corrected chi connectivity index (χ2v) is 3.85. The first kappa shape index (κ1) is 12.0. The van der Waals surface area contributed by atoms with Crippen LogP contribution in [-0.4, -0.2) is 21.1 Å². The number of rotatable bonds is 3. The normalized spacial score (nSPS) is 10.1. The number of carbonyl (C=O) groups is 1. The maximum atomic E-state index is 11.8. The van der Waals surface area contributed by atoms with Crippen LogP contribution in [0.1, 0.15) is 16.1 Å². The van der Waals surface area contributed by atoms with Crippen LogP contribution < -0.4 is 10.9 Å². The second-order valence-electron chi connectivity index (χ2n) is 3.85. The molecule has 6 heteroatoms. The molecule has 0 radical (unpaired) electrons. The molecule has 18 heavy (non-hydrogen) atoms. The fourth-order valence-corrected chi connectivity index (χ4v) is 1.53. The summed E-state index contributed by atoms with van der Waals surface area (Å²) in [7, 11) is 1.59. The van der Waals surface area contributed by atoms with Gasteiger partial charge in [-0.3, -0.25) is 9.59 Å². The van der Waals surface area contributed by atoms with Crippen molar-refractivity contribution in [2.45, 2.75) is 6.92 Å². The molecule has 0 atom stereocenters. The third kappa shape index (κ3) is 2.42. The highest BCUT2D eigenvalue weighted by Gasteiger charge is 2.05. The van der Waals surface area contributed by atoms with E-state index in [4.69, 9.17) is 0 Å². The van der Waals surface area contributed by atoms with Gasteiger partial charge in [0.15, 0.2) is 6.29 Å². The molecular formula is C12H12N4O2. The van der Waals surface area contributed by atoms with Crippen molar-refractivity contribution in [2.75, 3.05) is 5.32 Å². The molecule has 2 aromatic heterocycles. The van der Waals surface area contributed by atoms with Gasteiger partial charge >= 0.3 is 0 Å². The molecule has 0 aromatic carbocycles. The Bertz CT molecular complexity index is 632. The summed E-state index contributed by atoms with van der Waals surface area (Å²) in [6.07, 6.45) is 2.15. The van der Waals surface area contributed by atoms with E-state index in [2.05, 4.69) is 15.4 Å². The number of aryl methyl sites for hydroxylation is 2. The first-order chi connectivity index (χ1) is 8.60. The molecule has 2 heterocycles. The van der Waals surface area contributed by atoms with Crippen molar-refractivity contribution in [3.63, 3.8) is 0 Å². The molecule has 92 valence electrons. The van der Waals surface area contributed by atoms with Crippen LogP contribution in [0.5, 0.6) is 0 Å². The molecule has 2 aromatic rings. The van der Waals surface area contributed by atoms with Crippen LogP contribution in [0.3, 0.4) is 0 Å². The summed E-state index contributed by atoms with van der Waals surface area (Å²) in [5.41, 5.74) is 1.38. The lowest BCUT2D eigenvalue weighted by Crippen LogP contribution is -2.22. The standard InChI is InChI=1S/C12H12N4O2/c1-8-5-10(12(18)16(2)15-8)14-11-4-3-9(7-17)6-13-11/h3-7H,1-2H3,(H,13,14). The van der Waals surface area contributed by atoms with Crippen LogP contribution in [0.2, 0.25) is 0 Å². The summed E-state index contributed by atoms with van der Waals surface area (Å²) < 4.78 is 1.26. The van der Waals surface area contributed by atoms with Crippen molar-refractivity contribution in [2.24, 2.45) is 7.05 Å². The predicted molar refractivity (Wildman–Crippen MR) is 67.1 cm³/mol. The van der Waals surface area contributed by atoms with Crippen molar-refractivity contribution in [1.82, 2.24) is 14.8 Å². The Morgan fingerprint density at radius 2 is 2.17 bits per heavy atom. The number of pyridine rings is 1. The Kier molecular flexibility index (Phi) is 3.18. The van der Waals surface area contributed by atoms with Crippen molar-refractivity contribution in [3.05, 3.63) is 46.0 Å². The summed E-state index contributed by atoms with van der Waals surface area (Å²) in [4.78, 5) is 26.3. The zero-order valence-corrected chi connectivity index (χ0v) is 10.0.